The lowest BCUT2D eigenvalue weighted by Crippen LogP contribution is -2.42. The van der Waals surface area contributed by atoms with Gasteiger partial charge in [-0.3, -0.25) is 4.31 Å². The summed E-state index contributed by atoms with van der Waals surface area (Å²) >= 11 is 1.30. The second kappa shape index (κ2) is 7.58. The van der Waals surface area contributed by atoms with Crippen LogP contribution in [0.5, 0.6) is 11.5 Å². The third-order valence-electron chi connectivity index (χ3n) is 3.06. The number of rotatable bonds is 6. The van der Waals surface area contributed by atoms with Crippen LogP contribution in [0.1, 0.15) is 0 Å². The van der Waals surface area contributed by atoms with Gasteiger partial charge >= 0.3 is 0 Å². The molecule has 20 heavy (non-hydrogen) atoms. The molecule has 112 valence electrons. The Kier molecular flexibility index (Phi) is 5.78. The van der Waals surface area contributed by atoms with Crippen molar-refractivity contribution in [2.45, 2.75) is 0 Å². The zero-order valence-corrected chi connectivity index (χ0v) is 12.9. The van der Waals surface area contributed by atoms with Crippen molar-refractivity contribution in [3.63, 3.8) is 0 Å². The summed E-state index contributed by atoms with van der Waals surface area (Å²) in [6.07, 6.45) is 0. The van der Waals surface area contributed by atoms with Gasteiger partial charge in [0.2, 0.25) is 0 Å². The van der Waals surface area contributed by atoms with Gasteiger partial charge in [-0.2, -0.15) is 5.06 Å². The van der Waals surface area contributed by atoms with E-state index in [1.165, 1.54) is 12.2 Å². The van der Waals surface area contributed by atoms with E-state index in [4.69, 9.17) is 13.8 Å². The van der Waals surface area contributed by atoms with Crippen LogP contribution in [0.2, 0.25) is 0 Å². The molecule has 1 aliphatic heterocycles. The van der Waals surface area contributed by atoms with Crippen molar-refractivity contribution in [1.29, 1.82) is 0 Å². The fourth-order valence-corrected chi connectivity index (χ4v) is 2.42. The highest BCUT2D eigenvalue weighted by atomic mass is 32.2. The van der Waals surface area contributed by atoms with Gasteiger partial charge in [0.1, 0.15) is 12.2 Å². The molecular formula is C13H21N3O3S. The first-order chi connectivity index (χ1) is 9.74. The summed E-state index contributed by atoms with van der Waals surface area (Å²) in [4.78, 5) is 0. The van der Waals surface area contributed by atoms with Gasteiger partial charge in [-0.05, 0) is 12.1 Å². The molecule has 0 radical (unpaired) electrons. The highest BCUT2D eigenvalue weighted by molar-refractivity contribution is 7.96. The van der Waals surface area contributed by atoms with E-state index in [0.29, 0.717) is 5.75 Å². The largest absolute Gasteiger partial charge is 0.493 e. The maximum atomic E-state index is 5.69. The first-order valence-electron chi connectivity index (χ1n) is 6.50. The molecule has 7 heteroatoms. The normalized spacial score (nSPS) is 15.9. The van der Waals surface area contributed by atoms with E-state index in [-0.39, 0.29) is 0 Å². The van der Waals surface area contributed by atoms with Crippen LogP contribution >= 0.6 is 12.2 Å². The number of methoxy groups -OCH3 is 2. The molecular weight excluding hydrogens is 278 g/mol. The molecule has 1 aliphatic rings. The molecule has 0 saturated carbocycles. The lowest BCUT2D eigenvalue weighted by Gasteiger charge is -2.27. The molecule has 0 atom stereocenters. The first-order valence-corrected chi connectivity index (χ1v) is 7.20. The topological polar surface area (TPSA) is 46.2 Å². The van der Waals surface area contributed by atoms with Crippen LogP contribution in [-0.4, -0.2) is 52.5 Å². The maximum absolute atomic E-state index is 5.69. The Morgan fingerprint density at radius 1 is 1.15 bits per heavy atom. The quantitative estimate of drug-likeness (QED) is 0.631. The van der Waals surface area contributed by atoms with Crippen LogP contribution in [0.15, 0.2) is 18.2 Å². The Hall–Kier alpha value is -1.15. The van der Waals surface area contributed by atoms with Crippen LogP contribution in [0.25, 0.3) is 0 Å². The minimum atomic E-state index is 0.708. The van der Waals surface area contributed by atoms with E-state index in [1.807, 2.05) is 34.6 Å². The molecule has 0 spiro atoms. The van der Waals surface area contributed by atoms with Crippen molar-refractivity contribution in [3.05, 3.63) is 18.2 Å². The van der Waals surface area contributed by atoms with Crippen LogP contribution in [0.3, 0.4) is 0 Å². The van der Waals surface area contributed by atoms with Crippen molar-refractivity contribution in [3.8, 4) is 11.5 Å². The number of hydrogen-bond acceptors (Lipinski definition) is 7. The Morgan fingerprint density at radius 3 is 2.50 bits per heavy atom. The SMILES string of the molecule is COc1ccc(N(C)SON2CCNCC2)cc1OC. The minimum absolute atomic E-state index is 0.708. The van der Waals surface area contributed by atoms with Crippen LogP contribution < -0.4 is 19.1 Å². The number of anilines is 1. The Morgan fingerprint density at radius 2 is 1.85 bits per heavy atom. The van der Waals surface area contributed by atoms with Crippen LogP contribution in [0, 0.1) is 0 Å². The van der Waals surface area contributed by atoms with Gasteiger partial charge in [0.05, 0.1) is 19.9 Å². The molecule has 0 aliphatic carbocycles. The number of hydroxylamine groups is 2. The van der Waals surface area contributed by atoms with E-state index in [9.17, 15) is 0 Å². The zero-order chi connectivity index (χ0) is 14.4. The summed E-state index contributed by atoms with van der Waals surface area (Å²) in [5.74, 6) is 1.43. The van der Waals surface area contributed by atoms with Crippen molar-refractivity contribution < 1.29 is 13.8 Å². The highest BCUT2D eigenvalue weighted by Crippen LogP contribution is 2.33. The number of hydrogen-bond donors (Lipinski definition) is 1. The average Bonchev–Trinajstić information content (AvgIpc) is 2.52. The summed E-state index contributed by atoms with van der Waals surface area (Å²) in [5.41, 5.74) is 0.989. The molecule has 1 N–H and O–H groups in total. The molecule has 6 nitrogen and oxygen atoms in total. The van der Waals surface area contributed by atoms with Gasteiger partial charge in [0, 0.05) is 39.3 Å². The molecule has 0 bridgehead atoms. The van der Waals surface area contributed by atoms with Gasteiger partial charge < -0.3 is 14.8 Å². The standard InChI is InChI=1S/C13H21N3O3S/c1-15(20-19-16-8-6-14-7-9-16)11-4-5-12(17-2)13(10-11)18-3/h4-5,10,14H,6-9H2,1-3H3. The van der Waals surface area contributed by atoms with Gasteiger partial charge in [0.25, 0.3) is 0 Å². The highest BCUT2D eigenvalue weighted by Gasteiger charge is 2.13. The molecule has 1 aromatic rings. The van der Waals surface area contributed by atoms with Gasteiger partial charge in [0.15, 0.2) is 11.5 Å². The number of ether oxygens (including phenoxy) is 2. The number of piperazine rings is 1. The summed E-state index contributed by atoms with van der Waals surface area (Å²) in [6.45, 7) is 3.71. The lowest BCUT2D eigenvalue weighted by molar-refractivity contribution is -0.0464. The Labute approximate surface area is 124 Å². The summed E-state index contributed by atoms with van der Waals surface area (Å²) in [5, 5.41) is 5.24. The maximum Gasteiger partial charge on any atom is 0.162 e. The summed E-state index contributed by atoms with van der Waals surface area (Å²) < 4.78 is 18.2. The number of nitrogens with zero attached hydrogens (tertiary/aromatic N) is 2. The molecule has 2 rings (SSSR count). The molecule has 1 aromatic carbocycles. The first kappa shape index (κ1) is 15.2. The van der Waals surface area contributed by atoms with E-state index in [0.717, 1.165) is 37.6 Å². The van der Waals surface area contributed by atoms with Gasteiger partial charge in [-0.1, -0.05) is 0 Å². The number of benzene rings is 1. The summed E-state index contributed by atoms with van der Waals surface area (Å²) in [6, 6.07) is 5.78. The van der Waals surface area contributed by atoms with Crippen molar-refractivity contribution >= 4 is 17.9 Å². The van der Waals surface area contributed by atoms with Crippen LogP contribution in [-0.2, 0) is 4.28 Å². The van der Waals surface area contributed by atoms with Gasteiger partial charge in [-0.25, -0.2) is 4.28 Å². The van der Waals surface area contributed by atoms with Crippen LogP contribution in [0.4, 0.5) is 5.69 Å². The van der Waals surface area contributed by atoms with Gasteiger partial charge in [-0.15, -0.1) is 0 Å². The predicted molar refractivity (Wildman–Crippen MR) is 81.1 cm³/mol. The third-order valence-corrected chi connectivity index (χ3v) is 3.77. The second-order valence-corrected chi connectivity index (χ2v) is 5.21. The minimum Gasteiger partial charge on any atom is -0.493 e. The molecule has 1 fully saturated rings. The lowest BCUT2D eigenvalue weighted by atomic mass is 10.3. The Balaban J connectivity index is 1.92. The Bertz CT molecular complexity index is 427. The molecule has 0 unspecified atom stereocenters. The number of nitrogens with one attached hydrogen (secondary N) is 1. The second-order valence-electron chi connectivity index (χ2n) is 4.36. The monoisotopic (exact) mass is 299 g/mol. The fourth-order valence-electron chi connectivity index (χ4n) is 1.88. The van der Waals surface area contributed by atoms with Crippen molar-refractivity contribution in [1.82, 2.24) is 10.4 Å². The van der Waals surface area contributed by atoms with Crippen molar-refractivity contribution in [2.75, 3.05) is 51.8 Å². The van der Waals surface area contributed by atoms with Crippen molar-refractivity contribution in [2.24, 2.45) is 0 Å². The smallest absolute Gasteiger partial charge is 0.162 e. The average molecular weight is 299 g/mol. The molecule has 1 heterocycles. The molecule has 0 aromatic heterocycles. The predicted octanol–water partition coefficient (Wildman–Crippen LogP) is 1.54. The van der Waals surface area contributed by atoms with E-state index < -0.39 is 0 Å². The zero-order valence-electron chi connectivity index (χ0n) is 12.1. The molecule has 1 saturated heterocycles. The van der Waals surface area contributed by atoms with E-state index in [2.05, 4.69) is 5.32 Å². The van der Waals surface area contributed by atoms with E-state index in [1.54, 1.807) is 14.2 Å². The summed E-state index contributed by atoms with van der Waals surface area (Å²) in [7, 11) is 5.21. The molecule has 0 amide bonds. The fraction of sp³-hybridized carbons (Fsp3) is 0.538. The van der Waals surface area contributed by atoms with E-state index >= 15 is 0 Å². The third kappa shape index (κ3) is 3.92.